The van der Waals surface area contributed by atoms with Gasteiger partial charge in [-0.15, -0.1) is 0 Å². The molecular weight excluding hydrogens is 599 g/mol. The highest BCUT2D eigenvalue weighted by atomic mass is 32.2. The Morgan fingerprint density at radius 3 is 2.51 bits per heavy atom. The quantitative estimate of drug-likeness (QED) is 0.154. The number of amides is 1. The number of allylic oxidation sites excluding steroid dienone is 4. The number of ether oxygens (including phenoxy) is 2. The van der Waals surface area contributed by atoms with Gasteiger partial charge in [0.15, 0.2) is 5.78 Å². The second-order valence-electron chi connectivity index (χ2n) is 11.5. The Morgan fingerprint density at radius 1 is 1.07 bits per heavy atom. The summed E-state index contributed by atoms with van der Waals surface area (Å²) in [5, 5.41) is 3.29. The van der Waals surface area contributed by atoms with E-state index in [0.717, 1.165) is 24.0 Å². The number of sulfonamides is 1. The molecule has 45 heavy (non-hydrogen) atoms. The highest BCUT2D eigenvalue weighted by Gasteiger charge is 2.33. The molecule has 0 atom stereocenters. The number of carbonyl (C=O) groups is 2. The Labute approximate surface area is 263 Å². The fourth-order valence-electron chi connectivity index (χ4n) is 5.53. The molecule has 0 bridgehead atoms. The van der Waals surface area contributed by atoms with Crippen molar-refractivity contribution in [3.8, 4) is 0 Å². The van der Waals surface area contributed by atoms with Crippen LogP contribution in [0.2, 0.25) is 0 Å². The van der Waals surface area contributed by atoms with E-state index in [0.29, 0.717) is 78.4 Å². The van der Waals surface area contributed by atoms with E-state index < -0.39 is 10.0 Å². The first-order valence-corrected chi connectivity index (χ1v) is 17.0. The maximum Gasteiger partial charge on any atom is 0.255 e. The molecule has 1 heterocycles. The number of hydrogen-bond acceptors (Lipinski definition) is 7. The lowest BCUT2D eigenvalue weighted by molar-refractivity contribution is 0.0404. The van der Waals surface area contributed by atoms with E-state index in [1.807, 2.05) is 24.3 Å². The van der Waals surface area contributed by atoms with E-state index in [1.54, 1.807) is 25.3 Å². The normalized spacial score (nSPS) is 15.1. The van der Waals surface area contributed by atoms with Crippen LogP contribution in [0.1, 0.15) is 82.5 Å². The maximum atomic E-state index is 13.7. The molecule has 1 N–H and O–H groups in total. The van der Waals surface area contributed by atoms with Crippen molar-refractivity contribution in [2.24, 2.45) is 0 Å². The van der Waals surface area contributed by atoms with Crippen LogP contribution in [0, 0.1) is 0 Å². The zero-order chi connectivity index (χ0) is 32.1. The van der Waals surface area contributed by atoms with Gasteiger partial charge in [0, 0.05) is 43.6 Å². The number of halogens is 1. The molecule has 2 aliphatic carbocycles. The number of fused-ring (bicyclic) bond motifs is 1. The molecule has 0 aliphatic heterocycles. The molecule has 1 aromatic heterocycles. The van der Waals surface area contributed by atoms with Crippen LogP contribution in [0.25, 0.3) is 16.5 Å². The Morgan fingerprint density at radius 2 is 1.84 bits per heavy atom. The van der Waals surface area contributed by atoms with E-state index in [1.165, 1.54) is 23.6 Å². The van der Waals surface area contributed by atoms with Crippen LogP contribution < -0.4 is 9.62 Å². The third kappa shape index (κ3) is 7.89. The average molecular weight is 639 g/mol. The minimum Gasteiger partial charge on any atom is -0.455 e. The molecule has 2 aliphatic rings. The first-order valence-electron chi connectivity index (χ1n) is 15.2. The van der Waals surface area contributed by atoms with Gasteiger partial charge in [-0.2, -0.15) is 0 Å². The summed E-state index contributed by atoms with van der Waals surface area (Å²) >= 11 is 0. The van der Waals surface area contributed by atoms with E-state index in [4.69, 9.17) is 13.9 Å². The molecular formula is C34H39FN2O7S. The lowest BCUT2D eigenvalue weighted by atomic mass is 9.96. The standard InChI is InChI=1S/C34H39FN2O7S/c1-22(38)26-7-4-6-23(18-26)21-43-17-16-42-15-5-14-37(45(3,40)41)30-20-31-29(19-28(30)24-8-9-24)32(34(39)36-2)33(44-31)25-10-12-27(35)13-11-25/h4,6-7,10,12,18-20,24H,5,8-9,11,13-17,21H2,1-3H3,(H,36,39). The molecule has 9 nitrogen and oxygen atoms in total. The smallest absolute Gasteiger partial charge is 0.255 e. The van der Waals surface area contributed by atoms with Crippen molar-refractivity contribution < 1.29 is 36.3 Å². The predicted molar refractivity (Wildman–Crippen MR) is 172 cm³/mol. The Balaban J connectivity index is 1.29. The van der Waals surface area contributed by atoms with Gasteiger partial charge in [0.25, 0.3) is 5.91 Å². The van der Waals surface area contributed by atoms with Crippen LogP contribution in [0.5, 0.6) is 0 Å². The second kappa shape index (κ2) is 14.1. The summed E-state index contributed by atoms with van der Waals surface area (Å²) in [6.07, 6.45) is 7.11. The summed E-state index contributed by atoms with van der Waals surface area (Å²) in [6.45, 7) is 3.12. The van der Waals surface area contributed by atoms with Gasteiger partial charge in [-0.05, 0) is 73.4 Å². The van der Waals surface area contributed by atoms with Crippen molar-refractivity contribution in [1.82, 2.24) is 5.32 Å². The molecule has 1 amide bonds. The van der Waals surface area contributed by atoms with E-state index >= 15 is 0 Å². The molecule has 0 radical (unpaired) electrons. The van der Waals surface area contributed by atoms with Crippen molar-refractivity contribution in [1.29, 1.82) is 0 Å². The minimum absolute atomic E-state index is 0.00243. The predicted octanol–water partition coefficient (Wildman–Crippen LogP) is 6.29. The van der Waals surface area contributed by atoms with Gasteiger partial charge in [-0.1, -0.05) is 24.3 Å². The van der Waals surface area contributed by atoms with E-state index in [-0.39, 0.29) is 36.4 Å². The van der Waals surface area contributed by atoms with Gasteiger partial charge >= 0.3 is 0 Å². The van der Waals surface area contributed by atoms with Crippen LogP contribution in [0.3, 0.4) is 0 Å². The number of Topliss-reactive ketones (excluding diaryl/α,β-unsaturated/α-hetero) is 1. The molecule has 0 spiro atoms. The summed E-state index contributed by atoms with van der Waals surface area (Å²) in [6, 6.07) is 10.9. The number of nitrogens with one attached hydrogen (secondary N) is 1. The summed E-state index contributed by atoms with van der Waals surface area (Å²) < 4.78 is 58.9. The van der Waals surface area contributed by atoms with Gasteiger partial charge in [0.2, 0.25) is 10.0 Å². The number of rotatable bonds is 15. The number of anilines is 1. The van der Waals surface area contributed by atoms with E-state index in [9.17, 15) is 22.4 Å². The monoisotopic (exact) mass is 638 g/mol. The maximum absolute atomic E-state index is 13.7. The number of benzene rings is 2. The van der Waals surface area contributed by atoms with Gasteiger partial charge in [0.05, 0.1) is 37.3 Å². The molecule has 1 saturated carbocycles. The lowest BCUT2D eigenvalue weighted by Crippen LogP contribution is -2.32. The fraction of sp³-hybridized carbons (Fsp3) is 0.412. The van der Waals surface area contributed by atoms with Crippen LogP contribution in [0.15, 0.2) is 58.8 Å². The van der Waals surface area contributed by atoms with Crippen LogP contribution in [0.4, 0.5) is 10.1 Å². The van der Waals surface area contributed by atoms with Crippen molar-refractivity contribution in [2.45, 2.75) is 51.6 Å². The molecule has 240 valence electrons. The number of furan rings is 1. The largest absolute Gasteiger partial charge is 0.455 e. The highest BCUT2D eigenvalue weighted by molar-refractivity contribution is 7.92. The third-order valence-electron chi connectivity index (χ3n) is 7.99. The van der Waals surface area contributed by atoms with Gasteiger partial charge < -0.3 is 19.2 Å². The van der Waals surface area contributed by atoms with Crippen molar-refractivity contribution in [3.63, 3.8) is 0 Å². The van der Waals surface area contributed by atoms with Crippen molar-refractivity contribution >= 4 is 43.9 Å². The molecule has 0 unspecified atom stereocenters. The first-order chi connectivity index (χ1) is 21.6. The molecule has 1 fully saturated rings. The molecule has 11 heteroatoms. The molecule has 2 aromatic carbocycles. The topological polar surface area (TPSA) is 115 Å². The van der Waals surface area contributed by atoms with Gasteiger partial charge in [0.1, 0.15) is 17.2 Å². The van der Waals surface area contributed by atoms with Crippen LogP contribution >= 0.6 is 0 Å². The van der Waals surface area contributed by atoms with Crippen molar-refractivity contribution in [2.75, 3.05) is 44.0 Å². The average Bonchev–Trinajstić information content (AvgIpc) is 3.79. The zero-order valence-corrected chi connectivity index (χ0v) is 26.7. The Hall–Kier alpha value is -3.80. The van der Waals surface area contributed by atoms with Crippen molar-refractivity contribution in [3.05, 3.63) is 82.4 Å². The Kier molecular flexibility index (Phi) is 10.2. The van der Waals surface area contributed by atoms with Gasteiger partial charge in [-0.3, -0.25) is 13.9 Å². The summed E-state index contributed by atoms with van der Waals surface area (Å²) in [5.74, 6) is 0.00828. The highest BCUT2D eigenvalue weighted by Crippen LogP contribution is 2.48. The number of carbonyl (C=O) groups excluding carboxylic acids is 2. The van der Waals surface area contributed by atoms with Crippen LogP contribution in [-0.4, -0.2) is 59.8 Å². The first kappa shape index (κ1) is 32.6. The molecule has 3 aromatic rings. The van der Waals surface area contributed by atoms with Gasteiger partial charge in [-0.25, -0.2) is 12.8 Å². The summed E-state index contributed by atoms with van der Waals surface area (Å²) in [5.41, 5.74) is 4.43. The molecule has 5 rings (SSSR count). The van der Waals surface area contributed by atoms with E-state index in [2.05, 4.69) is 5.32 Å². The minimum atomic E-state index is -3.66. The fourth-order valence-corrected chi connectivity index (χ4v) is 6.51. The summed E-state index contributed by atoms with van der Waals surface area (Å²) in [7, 11) is -2.11. The second-order valence-corrected chi connectivity index (χ2v) is 13.4. The zero-order valence-electron chi connectivity index (χ0n) is 25.9. The van der Waals surface area contributed by atoms with Crippen LogP contribution in [-0.2, 0) is 26.1 Å². The lowest BCUT2D eigenvalue weighted by Gasteiger charge is -2.25. The number of ketones is 1. The summed E-state index contributed by atoms with van der Waals surface area (Å²) in [4.78, 5) is 24.6. The number of hydrogen-bond donors (Lipinski definition) is 1. The third-order valence-corrected chi connectivity index (χ3v) is 9.17. The number of nitrogens with zero attached hydrogens (tertiary/aromatic N) is 1. The SMILES string of the molecule is CNC(=O)c1c(C2=CC=C(F)CC2)oc2cc(N(CCCOCCOCc3cccc(C(C)=O)c3)S(C)(=O)=O)c(C3CC3)cc12. The molecule has 0 saturated heterocycles. The Bertz CT molecular complexity index is 1760.